The number of allylic oxidation sites excluding steroid dienone is 2. The largest absolute Gasteiger partial charge is 1.00 e. The van der Waals surface area contributed by atoms with E-state index in [-0.39, 0.29) is 24.6 Å². The summed E-state index contributed by atoms with van der Waals surface area (Å²) in [6.07, 6.45) is 1.50. The molecule has 0 aromatic rings. The molecule has 0 aliphatic rings. The summed E-state index contributed by atoms with van der Waals surface area (Å²) in [5, 5.41) is 16.1. The standard InChI is InChI=1S/C7H14N2O.Li/c1-6(5-7(2)10)8-9(3)4;/h5,10H,1-4H3;/q;+1/p-1/b7-5-,8-6+;. The van der Waals surface area contributed by atoms with Gasteiger partial charge in [0.25, 0.3) is 0 Å². The molecule has 0 fully saturated rings. The van der Waals surface area contributed by atoms with Gasteiger partial charge in [-0.15, -0.1) is 5.76 Å². The zero-order valence-corrected chi connectivity index (χ0v) is 7.88. The Hall–Kier alpha value is -0.393. The molecule has 0 bridgehead atoms. The van der Waals surface area contributed by atoms with Gasteiger partial charge in [-0.05, 0) is 6.92 Å². The van der Waals surface area contributed by atoms with Gasteiger partial charge in [0.1, 0.15) is 0 Å². The van der Waals surface area contributed by atoms with Crippen LogP contribution in [0, 0.1) is 0 Å². The smallest absolute Gasteiger partial charge is 0.876 e. The van der Waals surface area contributed by atoms with Crippen molar-refractivity contribution in [3.63, 3.8) is 0 Å². The molecule has 0 rings (SSSR count). The summed E-state index contributed by atoms with van der Waals surface area (Å²) in [5.74, 6) is 0.0306. The van der Waals surface area contributed by atoms with Crippen LogP contribution in [-0.4, -0.2) is 24.8 Å². The van der Waals surface area contributed by atoms with Crippen molar-refractivity contribution in [1.29, 1.82) is 0 Å². The zero-order valence-electron chi connectivity index (χ0n) is 7.88. The van der Waals surface area contributed by atoms with Gasteiger partial charge < -0.3 is 10.1 Å². The number of nitrogens with zero attached hydrogens (tertiary/aromatic N) is 2. The Labute approximate surface area is 80.0 Å². The Bertz CT molecular complexity index is 160. The molecule has 4 heteroatoms. The molecule has 0 spiro atoms. The van der Waals surface area contributed by atoms with Crippen molar-refractivity contribution in [2.24, 2.45) is 5.10 Å². The maximum Gasteiger partial charge on any atom is 1.00 e. The Kier molecular flexibility index (Phi) is 7.60. The van der Waals surface area contributed by atoms with E-state index < -0.39 is 0 Å². The third kappa shape index (κ3) is 9.61. The summed E-state index contributed by atoms with van der Waals surface area (Å²) >= 11 is 0. The van der Waals surface area contributed by atoms with E-state index >= 15 is 0 Å². The van der Waals surface area contributed by atoms with E-state index in [4.69, 9.17) is 0 Å². The van der Waals surface area contributed by atoms with Gasteiger partial charge >= 0.3 is 18.9 Å². The first kappa shape index (κ1) is 13.2. The Balaban J connectivity index is 0. The second-order valence-corrected chi connectivity index (χ2v) is 2.34. The van der Waals surface area contributed by atoms with Crippen molar-refractivity contribution in [2.75, 3.05) is 14.1 Å². The SMILES string of the molecule is C/C([O-])=C/C(C)=N/N(C)C.[Li+]. The van der Waals surface area contributed by atoms with Crippen molar-refractivity contribution in [3.05, 3.63) is 11.8 Å². The predicted molar refractivity (Wildman–Crippen MR) is 40.6 cm³/mol. The van der Waals surface area contributed by atoms with E-state index in [1.165, 1.54) is 13.0 Å². The van der Waals surface area contributed by atoms with Crippen LogP contribution in [0.5, 0.6) is 0 Å². The number of hydrogen-bond donors (Lipinski definition) is 0. The monoisotopic (exact) mass is 148 g/mol. The summed E-state index contributed by atoms with van der Waals surface area (Å²) in [5.41, 5.74) is 0.734. The molecule has 0 aliphatic carbocycles. The van der Waals surface area contributed by atoms with Gasteiger partial charge in [0.2, 0.25) is 0 Å². The molecule has 0 atom stereocenters. The summed E-state index contributed by atoms with van der Waals surface area (Å²) in [6, 6.07) is 0. The minimum atomic E-state index is 0. The van der Waals surface area contributed by atoms with Crippen LogP contribution in [0.15, 0.2) is 16.9 Å². The second kappa shape index (κ2) is 6.33. The molecule has 3 nitrogen and oxygen atoms in total. The molecule has 0 heterocycles. The van der Waals surface area contributed by atoms with Gasteiger partial charge in [0.05, 0.1) is 5.71 Å². The number of rotatable bonds is 2. The van der Waals surface area contributed by atoms with Crippen LogP contribution < -0.4 is 24.0 Å². The quantitative estimate of drug-likeness (QED) is 0.183. The van der Waals surface area contributed by atoms with Gasteiger partial charge in [-0.1, -0.05) is 13.0 Å². The summed E-state index contributed by atoms with van der Waals surface area (Å²) in [7, 11) is 3.63. The van der Waals surface area contributed by atoms with Crippen molar-refractivity contribution < 1.29 is 24.0 Å². The minimum Gasteiger partial charge on any atom is -0.876 e. The van der Waals surface area contributed by atoms with E-state index in [9.17, 15) is 5.11 Å². The third-order valence-corrected chi connectivity index (χ3v) is 0.770. The first-order valence-electron chi connectivity index (χ1n) is 3.10. The van der Waals surface area contributed by atoms with Crippen LogP contribution in [0.2, 0.25) is 0 Å². The maximum atomic E-state index is 10.5. The second-order valence-electron chi connectivity index (χ2n) is 2.34. The molecular formula is C7H13LiN2O. The predicted octanol–water partition coefficient (Wildman–Crippen LogP) is -2.81. The molecule has 0 N–H and O–H groups in total. The molecule has 0 saturated carbocycles. The molecule has 11 heavy (non-hydrogen) atoms. The first-order valence-corrected chi connectivity index (χ1v) is 3.10. The Morgan fingerprint density at radius 1 is 1.36 bits per heavy atom. The topological polar surface area (TPSA) is 38.7 Å². The average molecular weight is 148 g/mol. The van der Waals surface area contributed by atoms with Crippen molar-refractivity contribution in [3.8, 4) is 0 Å². The van der Waals surface area contributed by atoms with E-state index in [1.54, 1.807) is 11.9 Å². The first-order chi connectivity index (χ1) is 4.52. The fourth-order valence-electron chi connectivity index (χ4n) is 0.639. The van der Waals surface area contributed by atoms with Crippen molar-refractivity contribution in [1.82, 2.24) is 5.01 Å². The molecule has 0 amide bonds. The van der Waals surface area contributed by atoms with Crippen LogP contribution in [-0.2, 0) is 0 Å². The van der Waals surface area contributed by atoms with Gasteiger partial charge in [-0.3, -0.25) is 0 Å². The van der Waals surface area contributed by atoms with E-state index in [0.29, 0.717) is 0 Å². The van der Waals surface area contributed by atoms with Gasteiger partial charge in [-0.2, -0.15) is 5.10 Å². The van der Waals surface area contributed by atoms with Crippen LogP contribution in [0.1, 0.15) is 13.8 Å². The Morgan fingerprint density at radius 2 is 1.82 bits per heavy atom. The molecule has 58 valence electrons. The molecule has 0 aromatic carbocycles. The fraction of sp³-hybridized carbons (Fsp3) is 0.571. The molecule has 0 aliphatic heterocycles. The normalized spacial score (nSPS) is 12.4. The van der Waals surface area contributed by atoms with Crippen LogP contribution in [0.4, 0.5) is 0 Å². The van der Waals surface area contributed by atoms with Gasteiger partial charge in [-0.25, -0.2) is 0 Å². The van der Waals surface area contributed by atoms with E-state index in [2.05, 4.69) is 5.10 Å². The molecule has 0 aromatic heterocycles. The zero-order chi connectivity index (χ0) is 8.15. The molecular weight excluding hydrogens is 135 g/mol. The molecule has 0 unspecified atom stereocenters. The van der Waals surface area contributed by atoms with Crippen LogP contribution in [0.25, 0.3) is 0 Å². The maximum absolute atomic E-state index is 10.5. The minimum absolute atomic E-state index is 0. The summed E-state index contributed by atoms with van der Waals surface area (Å²) < 4.78 is 0. The number of hydrazone groups is 1. The van der Waals surface area contributed by atoms with Gasteiger partial charge in [0, 0.05) is 14.1 Å². The van der Waals surface area contributed by atoms with Crippen LogP contribution >= 0.6 is 0 Å². The van der Waals surface area contributed by atoms with E-state index in [1.807, 2.05) is 14.1 Å². The van der Waals surface area contributed by atoms with Crippen LogP contribution in [0.3, 0.4) is 0 Å². The summed E-state index contributed by atoms with van der Waals surface area (Å²) in [6.45, 7) is 3.30. The van der Waals surface area contributed by atoms with Crippen molar-refractivity contribution >= 4 is 5.71 Å². The fourth-order valence-corrected chi connectivity index (χ4v) is 0.639. The van der Waals surface area contributed by atoms with Crippen molar-refractivity contribution in [2.45, 2.75) is 13.8 Å². The third-order valence-electron chi connectivity index (χ3n) is 0.770. The van der Waals surface area contributed by atoms with E-state index in [0.717, 1.165) is 5.71 Å². The molecule has 0 radical (unpaired) electrons. The van der Waals surface area contributed by atoms with Gasteiger partial charge in [0.15, 0.2) is 0 Å². The summed E-state index contributed by atoms with van der Waals surface area (Å²) in [4.78, 5) is 0. The average Bonchev–Trinajstić information content (AvgIpc) is 1.58. The number of hydrogen-bond acceptors (Lipinski definition) is 3. The Morgan fingerprint density at radius 3 is 2.09 bits per heavy atom. The molecule has 0 saturated heterocycles.